The molecule has 4 aromatic rings. The van der Waals surface area contributed by atoms with Gasteiger partial charge in [0.1, 0.15) is 5.65 Å². The second-order valence-corrected chi connectivity index (χ2v) is 12.4. The molecule has 1 saturated carbocycles. The summed E-state index contributed by atoms with van der Waals surface area (Å²) in [6, 6.07) is 10.9. The van der Waals surface area contributed by atoms with Crippen LogP contribution in [0.15, 0.2) is 47.5 Å². The normalized spacial score (nSPS) is 14.2. The summed E-state index contributed by atoms with van der Waals surface area (Å²) in [5.41, 5.74) is 4.16. The van der Waals surface area contributed by atoms with Gasteiger partial charge in [-0.15, -0.1) is 0 Å². The lowest BCUT2D eigenvalue weighted by Gasteiger charge is -2.21. The van der Waals surface area contributed by atoms with Crippen molar-refractivity contribution in [1.29, 1.82) is 0 Å². The minimum atomic E-state index is -3.34. The summed E-state index contributed by atoms with van der Waals surface area (Å²) < 4.78 is 27.0. The van der Waals surface area contributed by atoms with E-state index in [0.717, 1.165) is 48.8 Å². The van der Waals surface area contributed by atoms with Crippen LogP contribution in [0.1, 0.15) is 44.0 Å². The van der Waals surface area contributed by atoms with E-state index in [0.29, 0.717) is 28.3 Å². The van der Waals surface area contributed by atoms with Gasteiger partial charge in [0, 0.05) is 55.1 Å². The second-order valence-electron chi connectivity index (χ2n) is 10.1. The van der Waals surface area contributed by atoms with Crippen molar-refractivity contribution in [2.75, 3.05) is 44.8 Å². The molecular formula is C27H36N8O2S. The minimum absolute atomic E-state index is 0.0452. The van der Waals surface area contributed by atoms with Crippen molar-refractivity contribution >= 4 is 27.3 Å². The predicted molar refractivity (Wildman–Crippen MR) is 150 cm³/mol. The third-order valence-electron chi connectivity index (χ3n) is 6.92. The number of benzene rings is 1. The first-order chi connectivity index (χ1) is 18.3. The maximum Gasteiger partial charge on any atom is 0.215 e. The lowest BCUT2D eigenvalue weighted by molar-refractivity contribution is 0.242. The number of fused-ring (bicyclic) bond motifs is 1. The summed E-state index contributed by atoms with van der Waals surface area (Å²) in [4.78, 5) is 14.7. The van der Waals surface area contributed by atoms with Crippen molar-refractivity contribution in [2.24, 2.45) is 0 Å². The highest BCUT2D eigenvalue weighted by Gasteiger charge is 2.26. The van der Waals surface area contributed by atoms with Crippen molar-refractivity contribution in [2.45, 2.75) is 44.0 Å². The molecule has 3 aromatic heterocycles. The van der Waals surface area contributed by atoms with Crippen LogP contribution in [0.25, 0.3) is 16.9 Å². The Labute approximate surface area is 224 Å². The molecule has 0 unspecified atom stereocenters. The number of rotatable bonds is 12. The van der Waals surface area contributed by atoms with Gasteiger partial charge >= 0.3 is 0 Å². The molecule has 38 heavy (non-hydrogen) atoms. The van der Waals surface area contributed by atoms with Crippen molar-refractivity contribution in [3.05, 3.63) is 54.0 Å². The number of nitrogens with one attached hydrogen (secondary N) is 2. The van der Waals surface area contributed by atoms with Crippen LogP contribution < -0.4 is 5.32 Å². The zero-order chi connectivity index (χ0) is 26.9. The second kappa shape index (κ2) is 10.8. The van der Waals surface area contributed by atoms with E-state index in [1.807, 2.05) is 28.8 Å². The van der Waals surface area contributed by atoms with Crippen molar-refractivity contribution in [1.82, 2.24) is 34.4 Å². The zero-order valence-electron chi connectivity index (χ0n) is 22.5. The van der Waals surface area contributed by atoms with E-state index in [1.165, 1.54) is 12.8 Å². The fraction of sp³-hybridized carbons (Fsp3) is 0.444. The van der Waals surface area contributed by atoms with Crippen LogP contribution in [0.5, 0.6) is 0 Å². The molecule has 202 valence electrons. The Hall–Kier alpha value is -3.28. The summed E-state index contributed by atoms with van der Waals surface area (Å²) in [5.74, 6) is 1.87. The molecule has 0 saturated heterocycles. The van der Waals surface area contributed by atoms with Gasteiger partial charge in [0.2, 0.25) is 5.95 Å². The molecular weight excluding hydrogens is 500 g/mol. The summed E-state index contributed by atoms with van der Waals surface area (Å²) in [6.45, 7) is 7.37. The molecule has 1 aliphatic rings. The van der Waals surface area contributed by atoms with Crippen molar-refractivity contribution in [3.63, 3.8) is 0 Å². The maximum absolute atomic E-state index is 12.5. The Bertz CT molecular complexity index is 1520. The van der Waals surface area contributed by atoms with Gasteiger partial charge in [-0.25, -0.2) is 18.4 Å². The average Bonchev–Trinajstić information content (AvgIpc) is 3.51. The molecule has 0 spiro atoms. The van der Waals surface area contributed by atoms with E-state index in [1.54, 1.807) is 25.1 Å². The first-order valence-corrected chi connectivity index (χ1v) is 14.8. The van der Waals surface area contributed by atoms with Gasteiger partial charge < -0.3 is 10.2 Å². The first kappa shape index (κ1) is 26.3. The number of likely N-dealkylation sites (N-methyl/N-ethyl adjacent to an activating group) is 2. The Morgan fingerprint density at radius 2 is 1.92 bits per heavy atom. The summed E-state index contributed by atoms with van der Waals surface area (Å²) >= 11 is 0. The number of hydrogen-bond donors (Lipinski definition) is 2. The van der Waals surface area contributed by atoms with Crippen molar-refractivity contribution in [3.8, 4) is 11.3 Å². The fourth-order valence-electron chi connectivity index (χ4n) is 4.40. The highest BCUT2D eigenvalue weighted by molar-refractivity contribution is 7.91. The molecule has 0 radical (unpaired) electrons. The van der Waals surface area contributed by atoms with Crippen molar-refractivity contribution < 1.29 is 8.42 Å². The maximum atomic E-state index is 12.5. The fourth-order valence-corrected chi connectivity index (χ4v) is 5.33. The van der Waals surface area contributed by atoms with E-state index >= 15 is 0 Å². The van der Waals surface area contributed by atoms with E-state index in [-0.39, 0.29) is 5.75 Å². The van der Waals surface area contributed by atoms with Gasteiger partial charge in [-0.2, -0.15) is 5.10 Å². The number of H-pyrrole nitrogens is 1. The topological polar surface area (TPSA) is 112 Å². The summed E-state index contributed by atoms with van der Waals surface area (Å²) in [5, 5.41) is 10.9. The minimum Gasteiger partial charge on any atom is -0.308 e. The Morgan fingerprint density at radius 1 is 1.11 bits per heavy atom. The van der Waals surface area contributed by atoms with Crippen LogP contribution in [0.4, 0.5) is 11.8 Å². The third-order valence-corrected chi connectivity index (χ3v) is 8.66. The summed E-state index contributed by atoms with van der Waals surface area (Å²) in [6.07, 6.45) is 4.38. The molecule has 1 aliphatic carbocycles. The van der Waals surface area contributed by atoms with Gasteiger partial charge in [0.25, 0.3) is 0 Å². The number of anilines is 2. The smallest absolute Gasteiger partial charge is 0.215 e. The molecule has 0 amide bonds. The molecule has 0 atom stereocenters. The standard InChI is InChI=1S/C27H36N8O2S/c1-5-34(13-12-33(3)4)17-21-18-35-26(28-21)16-23(20-8-7-9-22(14-20)38(36,37)6-2)29-27(35)30-25-15-24(31-32-25)19-10-11-19/h7-9,14-16,18-19H,5-6,10-13,17H2,1-4H3,(H2,29,30,31,32). The van der Waals surface area contributed by atoms with Gasteiger partial charge in [-0.05, 0) is 45.6 Å². The SMILES string of the molecule is CCN(CCN(C)C)Cc1cn2c(Nc3cc(C4CC4)[nH]n3)nc(-c3cccc(S(=O)(=O)CC)c3)cc2n1. The van der Waals surface area contributed by atoms with E-state index in [9.17, 15) is 8.42 Å². The molecule has 3 heterocycles. The molecule has 1 aromatic carbocycles. The highest BCUT2D eigenvalue weighted by atomic mass is 32.2. The van der Waals surface area contributed by atoms with Gasteiger partial charge in [-0.3, -0.25) is 14.4 Å². The average molecular weight is 537 g/mol. The molecule has 5 rings (SSSR count). The lowest BCUT2D eigenvalue weighted by Crippen LogP contribution is -2.31. The number of hydrogen-bond acceptors (Lipinski definition) is 8. The van der Waals surface area contributed by atoms with E-state index in [4.69, 9.17) is 9.97 Å². The Morgan fingerprint density at radius 3 is 2.63 bits per heavy atom. The van der Waals surface area contributed by atoms with Crippen LogP contribution in [0, 0.1) is 0 Å². The molecule has 11 heteroatoms. The number of aromatic amines is 1. The molecule has 2 N–H and O–H groups in total. The van der Waals surface area contributed by atoms with Crippen LogP contribution in [0.2, 0.25) is 0 Å². The molecule has 1 fully saturated rings. The largest absolute Gasteiger partial charge is 0.308 e. The Balaban J connectivity index is 1.53. The van der Waals surface area contributed by atoms with E-state index in [2.05, 4.69) is 46.3 Å². The van der Waals surface area contributed by atoms with Crippen LogP contribution >= 0.6 is 0 Å². The highest BCUT2D eigenvalue weighted by Crippen LogP contribution is 2.39. The third kappa shape index (κ3) is 5.90. The summed E-state index contributed by atoms with van der Waals surface area (Å²) in [7, 11) is 0.815. The number of nitrogens with zero attached hydrogens (tertiary/aromatic N) is 6. The number of aromatic nitrogens is 5. The van der Waals surface area contributed by atoms with E-state index < -0.39 is 9.84 Å². The molecule has 0 bridgehead atoms. The zero-order valence-corrected chi connectivity index (χ0v) is 23.3. The van der Waals surface area contributed by atoms with Gasteiger partial charge in [-0.1, -0.05) is 26.0 Å². The monoisotopic (exact) mass is 536 g/mol. The molecule has 0 aliphatic heterocycles. The lowest BCUT2D eigenvalue weighted by atomic mass is 10.1. The van der Waals surface area contributed by atoms with Gasteiger partial charge in [0.15, 0.2) is 15.7 Å². The Kier molecular flexibility index (Phi) is 7.51. The van der Waals surface area contributed by atoms with Gasteiger partial charge in [0.05, 0.1) is 22.0 Å². The van der Waals surface area contributed by atoms with Crippen LogP contribution in [-0.4, -0.2) is 82.3 Å². The number of sulfone groups is 1. The van der Waals surface area contributed by atoms with Crippen LogP contribution in [-0.2, 0) is 16.4 Å². The number of imidazole rings is 1. The quantitative estimate of drug-likeness (QED) is 0.280. The molecule has 10 nitrogen and oxygen atoms in total. The first-order valence-electron chi connectivity index (χ1n) is 13.2. The van der Waals surface area contributed by atoms with Crippen LogP contribution in [0.3, 0.4) is 0 Å². The predicted octanol–water partition coefficient (Wildman–Crippen LogP) is 3.92.